The summed E-state index contributed by atoms with van der Waals surface area (Å²) in [5, 5.41) is 0. The van der Waals surface area contributed by atoms with Gasteiger partial charge in [-0.3, -0.25) is 9.59 Å². The summed E-state index contributed by atoms with van der Waals surface area (Å²) < 4.78 is 11.1. The molecular weight excluding hydrogens is 320 g/mol. The van der Waals surface area contributed by atoms with E-state index >= 15 is 0 Å². The van der Waals surface area contributed by atoms with E-state index in [4.69, 9.17) is 4.43 Å². The Labute approximate surface area is 148 Å². The van der Waals surface area contributed by atoms with Crippen LogP contribution in [0.3, 0.4) is 0 Å². The second-order valence-corrected chi connectivity index (χ2v) is 11.4. The van der Waals surface area contributed by atoms with Crippen LogP contribution in [0, 0.1) is 0 Å². The lowest BCUT2D eigenvalue weighted by Gasteiger charge is -2.30. The molecule has 0 atom stereocenters. The maximum absolute atomic E-state index is 12.2. The van der Waals surface area contributed by atoms with Crippen LogP contribution in [-0.4, -0.2) is 27.2 Å². The molecule has 0 bridgehead atoms. The lowest BCUT2D eigenvalue weighted by atomic mass is 10.0. The number of allylic oxidation sites excluding steroid dienone is 2. The van der Waals surface area contributed by atoms with Gasteiger partial charge in [0.25, 0.3) is 0 Å². The molecule has 138 valence electrons. The molecule has 0 aromatic heterocycles. The molecule has 1 aliphatic rings. The molecule has 0 aromatic rings. The molecule has 4 nitrogen and oxygen atoms in total. The molecule has 0 unspecified atom stereocenters. The fourth-order valence-electron chi connectivity index (χ4n) is 3.33. The van der Waals surface area contributed by atoms with Crippen molar-refractivity contribution in [3.05, 3.63) is 11.3 Å². The maximum Gasteiger partial charge on any atom is 0.305 e. The number of methoxy groups -OCH3 is 1. The molecule has 0 heterocycles. The SMILES string of the molecule is CC[Si](CC)(CC)OC1=C(CCCCCCC(=O)OC)C(=O)CC1. The first-order chi connectivity index (χ1) is 11.5. The van der Waals surface area contributed by atoms with Crippen molar-refractivity contribution in [2.24, 2.45) is 0 Å². The smallest absolute Gasteiger partial charge is 0.305 e. The lowest BCUT2D eigenvalue weighted by molar-refractivity contribution is -0.140. The number of hydrogen-bond donors (Lipinski definition) is 0. The van der Waals surface area contributed by atoms with Gasteiger partial charge in [-0.05, 0) is 37.4 Å². The molecule has 0 aromatic carbocycles. The topological polar surface area (TPSA) is 52.6 Å². The molecule has 0 saturated carbocycles. The summed E-state index contributed by atoms with van der Waals surface area (Å²) in [5.74, 6) is 1.15. The fraction of sp³-hybridized carbons (Fsp3) is 0.789. The zero-order valence-corrected chi connectivity index (χ0v) is 16.9. The molecule has 24 heavy (non-hydrogen) atoms. The van der Waals surface area contributed by atoms with Crippen molar-refractivity contribution >= 4 is 20.1 Å². The van der Waals surface area contributed by atoms with Crippen molar-refractivity contribution in [3.8, 4) is 0 Å². The summed E-state index contributed by atoms with van der Waals surface area (Å²) in [5.41, 5.74) is 0.954. The van der Waals surface area contributed by atoms with Crippen LogP contribution in [0.15, 0.2) is 11.3 Å². The molecule has 5 heteroatoms. The van der Waals surface area contributed by atoms with Gasteiger partial charge < -0.3 is 9.16 Å². The van der Waals surface area contributed by atoms with Crippen LogP contribution < -0.4 is 0 Å². The molecule has 0 spiro atoms. The first kappa shape index (κ1) is 20.9. The molecule has 1 aliphatic carbocycles. The second kappa shape index (κ2) is 10.7. The van der Waals surface area contributed by atoms with Gasteiger partial charge in [0.05, 0.1) is 12.9 Å². The first-order valence-corrected chi connectivity index (χ1v) is 12.1. The zero-order valence-electron chi connectivity index (χ0n) is 15.9. The number of carbonyl (C=O) groups excluding carboxylic acids is 2. The van der Waals surface area contributed by atoms with Gasteiger partial charge in [0.15, 0.2) is 5.78 Å². The largest absolute Gasteiger partial charge is 0.546 e. The molecule has 0 saturated heterocycles. The number of carbonyl (C=O) groups is 2. The Morgan fingerprint density at radius 1 is 1.00 bits per heavy atom. The summed E-state index contributed by atoms with van der Waals surface area (Å²) in [6.07, 6.45) is 6.63. The van der Waals surface area contributed by atoms with Gasteiger partial charge in [-0.25, -0.2) is 0 Å². The van der Waals surface area contributed by atoms with Crippen molar-refractivity contribution in [1.29, 1.82) is 0 Å². The van der Waals surface area contributed by atoms with Crippen LogP contribution >= 0.6 is 0 Å². The molecular formula is C19H34O4Si. The number of ether oxygens (including phenoxy) is 1. The lowest BCUT2D eigenvalue weighted by Crippen LogP contribution is -2.35. The Hall–Kier alpha value is -1.10. The number of rotatable bonds is 12. The van der Waals surface area contributed by atoms with Gasteiger partial charge in [-0.2, -0.15) is 0 Å². The van der Waals surface area contributed by atoms with E-state index in [0.717, 1.165) is 68.0 Å². The van der Waals surface area contributed by atoms with Crippen LogP contribution in [0.1, 0.15) is 72.1 Å². The van der Waals surface area contributed by atoms with Crippen LogP contribution in [-0.2, 0) is 18.8 Å². The van der Waals surface area contributed by atoms with E-state index in [9.17, 15) is 9.59 Å². The van der Waals surface area contributed by atoms with Gasteiger partial charge in [0, 0.05) is 24.8 Å². The summed E-state index contributed by atoms with van der Waals surface area (Å²) in [6, 6.07) is 3.33. The molecule has 0 amide bonds. The van der Waals surface area contributed by atoms with Gasteiger partial charge in [-0.15, -0.1) is 0 Å². The highest BCUT2D eigenvalue weighted by molar-refractivity contribution is 6.73. The molecule has 0 N–H and O–H groups in total. The minimum absolute atomic E-state index is 0.139. The van der Waals surface area contributed by atoms with E-state index in [1.165, 1.54) is 7.11 Å². The van der Waals surface area contributed by atoms with Crippen LogP contribution in [0.2, 0.25) is 18.1 Å². The Balaban J connectivity index is 2.50. The van der Waals surface area contributed by atoms with E-state index in [1.54, 1.807) is 0 Å². The Morgan fingerprint density at radius 2 is 1.62 bits per heavy atom. The highest BCUT2D eigenvalue weighted by Gasteiger charge is 2.34. The third-order valence-corrected chi connectivity index (χ3v) is 9.86. The third-order valence-electron chi connectivity index (χ3n) is 5.31. The number of ketones is 1. The highest BCUT2D eigenvalue weighted by atomic mass is 28.4. The summed E-state index contributed by atoms with van der Waals surface area (Å²) >= 11 is 0. The average molecular weight is 355 g/mol. The number of Topliss-reactive ketones (excluding diaryl/α,β-unsaturated/α-hetero) is 1. The quantitative estimate of drug-likeness (QED) is 0.277. The standard InChI is InChI=1S/C19H34O4Si/c1-5-24(6-2,7-3)23-18-15-14-17(20)16(18)12-10-8-9-11-13-19(21)22-4/h5-15H2,1-4H3. The Kier molecular flexibility index (Phi) is 9.33. The predicted molar refractivity (Wildman–Crippen MR) is 99.3 cm³/mol. The van der Waals surface area contributed by atoms with Gasteiger partial charge >= 0.3 is 5.97 Å². The first-order valence-electron chi connectivity index (χ1n) is 9.53. The Morgan fingerprint density at radius 3 is 2.21 bits per heavy atom. The molecule has 0 fully saturated rings. The minimum atomic E-state index is -1.69. The second-order valence-electron chi connectivity index (χ2n) is 6.66. The van der Waals surface area contributed by atoms with Crippen LogP contribution in [0.25, 0.3) is 0 Å². The number of esters is 1. The van der Waals surface area contributed by atoms with Gasteiger partial charge in [0.1, 0.15) is 0 Å². The monoisotopic (exact) mass is 354 g/mol. The fourth-order valence-corrected chi connectivity index (χ4v) is 6.01. The summed E-state index contributed by atoms with van der Waals surface area (Å²) in [6.45, 7) is 6.66. The molecule has 0 radical (unpaired) electrons. The normalized spacial score (nSPS) is 15.1. The zero-order chi connectivity index (χ0) is 18.0. The van der Waals surface area contributed by atoms with Crippen molar-refractivity contribution in [3.63, 3.8) is 0 Å². The minimum Gasteiger partial charge on any atom is -0.546 e. The number of hydrogen-bond acceptors (Lipinski definition) is 4. The Bertz CT molecular complexity index is 444. The average Bonchev–Trinajstić information content (AvgIpc) is 2.95. The van der Waals surface area contributed by atoms with E-state index in [-0.39, 0.29) is 11.8 Å². The van der Waals surface area contributed by atoms with E-state index in [1.807, 2.05) is 0 Å². The van der Waals surface area contributed by atoms with Crippen molar-refractivity contribution in [2.75, 3.05) is 7.11 Å². The maximum atomic E-state index is 12.2. The summed E-state index contributed by atoms with van der Waals surface area (Å²) in [7, 11) is -0.267. The molecule has 1 rings (SSSR count). The number of unbranched alkanes of at least 4 members (excludes halogenated alkanes) is 3. The van der Waals surface area contributed by atoms with Crippen LogP contribution in [0.5, 0.6) is 0 Å². The van der Waals surface area contributed by atoms with Crippen molar-refractivity contribution in [2.45, 2.75) is 90.3 Å². The summed E-state index contributed by atoms with van der Waals surface area (Å²) in [4.78, 5) is 23.3. The van der Waals surface area contributed by atoms with Crippen molar-refractivity contribution < 1.29 is 18.8 Å². The van der Waals surface area contributed by atoms with Gasteiger partial charge in [-0.1, -0.05) is 33.6 Å². The predicted octanol–water partition coefficient (Wildman–Crippen LogP) is 5.14. The van der Waals surface area contributed by atoms with Crippen LogP contribution in [0.4, 0.5) is 0 Å². The highest BCUT2D eigenvalue weighted by Crippen LogP contribution is 2.34. The van der Waals surface area contributed by atoms with E-state index in [2.05, 4.69) is 25.5 Å². The third kappa shape index (κ3) is 6.08. The van der Waals surface area contributed by atoms with E-state index < -0.39 is 8.32 Å². The molecule has 0 aliphatic heterocycles. The van der Waals surface area contributed by atoms with Crippen molar-refractivity contribution in [1.82, 2.24) is 0 Å². The van der Waals surface area contributed by atoms with E-state index in [0.29, 0.717) is 12.8 Å². The van der Waals surface area contributed by atoms with Gasteiger partial charge in [0.2, 0.25) is 8.32 Å².